The van der Waals surface area contributed by atoms with Crippen molar-refractivity contribution in [2.45, 2.75) is 38.6 Å². The molecule has 16 heavy (non-hydrogen) atoms. The summed E-state index contributed by atoms with van der Waals surface area (Å²) in [6.45, 7) is 2.00. The number of aryl methyl sites for hydroxylation is 1. The van der Waals surface area contributed by atoms with Gasteiger partial charge in [-0.1, -0.05) is 18.9 Å². The van der Waals surface area contributed by atoms with E-state index in [2.05, 4.69) is 5.32 Å². The number of halogens is 1. The zero-order valence-corrected chi connectivity index (χ0v) is 10.1. The molecule has 0 spiro atoms. The average Bonchev–Trinajstić information content (AvgIpc) is 2.75. The molecule has 0 saturated heterocycles. The zero-order chi connectivity index (χ0) is 11.5. The molecule has 0 aliphatic heterocycles. The van der Waals surface area contributed by atoms with Gasteiger partial charge in [-0.15, -0.1) is 0 Å². The molecule has 1 atom stereocenters. The second kappa shape index (κ2) is 4.96. The van der Waals surface area contributed by atoms with E-state index in [0.29, 0.717) is 12.0 Å². The van der Waals surface area contributed by atoms with Gasteiger partial charge in [0, 0.05) is 6.04 Å². The van der Waals surface area contributed by atoms with Crippen LogP contribution in [0, 0.1) is 18.7 Å². The lowest BCUT2D eigenvalue weighted by molar-refractivity contribution is 0.388. The van der Waals surface area contributed by atoms with Gasteiger partial charge in [-0.25, -0.2) is 4.39 Å². The Bertz CT molecular complexity index is 356. The molecule has 1 saturated carbocycles. The standard InChI is InChI=1S/C14H20FN/c1-10-9-12(15)7-8-13(10)14(16-2)11-5-3-4-6-11/h7-9,11,14,16H,3-6H2,1-2H3. The molecule has 1 aliphatic rings. The van der Waals surface area contributed by atoms with Crippen molar-refractivity contribution in [1.82, 2.24) is 5.32 Å². The third-order valence-electron chi connectivity index (χ3n) is 3.75. The van der Waals surface area contributed by atoms with Crippen LogP contribution in [0.3, 0.4) is 0 Å². The molecule has 88 valence electrons. The minimum Gasteiger partial charge on any atom is -0.313 e. The summed E-state index contributed by atoms with van der Waals surface area (Å²) in [5.41, 5.74) is 2.32. The van der Waals surface area contributed by atoms with Crippen LogP contribution in [0.2, 0.25) is 0 Å². The van der Waals surface area contributed by atoms with Crippen molar-refractivity contribution in [3.63, 3.8) is 0 Å². The fourth-order valence-corrected chi connectivity index (χ4v) is 2.92. The van der Waals surface area contributed by atoms with E-state index in [9.17, 15) is 4.39 Å². The van der Waals surface area contributed by atoms with Crippen LogP contribution >= 0.6 is 0 Å². The lowest BCUT2D eigenvalue weighted by atomic mass is 9.89. The highest BCUT2D eigenvalue weighted by atomic mass is 19.1. The third kappa shape index (κ3) is 2.27. The van der Waals surface area contributed by atoms with E-state index in [0.717, 1.165) is 5.56 Å². The first-order valence-corrected chi connectivity index (χ1v) is 6.15. The average molecular weight is 221 g/mol. The van der Waals surface area contributed by atoms with E-state index >= 15 is 0 Å². The number of rotatable bonds is 3. The first kappa shape index (κ1) is 11.6. The summed E-state index contributed by atoms with van der Waals surface area (Å²) in [5, 5.41) is 3.40. The summed E-state index contributed by atoms with van der Waals surface area (Å²) in [6.07, 6.45) is 5.26. The largest absolute Gasteiger partial charge is 0.313 e. The molecule has 1 nitrogen and oxygen atoms in total. The van der Waals surface area contributed by atoms with Crippen LogP contribution < -0.4 is 5.32 Å². The molecule has 0 bridgehead atoms. The van der Waals surface area contributed by atoms with Crippen molar-refractivity contribution in [2.75, 3.05) is 7.05 Å². The minimum atomic E-state index is -0.137. The molecular weight excluding hydrogens is 201 g/mol. The van der Waals surface area contributed by atoms with Crippen molar-refractivity contribution in [2.24, 2.45) is 5.92 Å². The van der Waals surface area contributed by atoms with Gasteiger partial charge < -0.3 is 5.32 Å². The molecular formula is C14H20FN. The van der Waals surface area contributed by atoms with Crippen LogP contribution in [0.5, 0.6) is 0 Å². The highest BCUT2D eigenvalue weighted by molar-refractivity contribution is 5.30. The number of hydrogen-bond donors (Lipinski definition) is 1. The molecule has 0 heterocycles. The van der Waals surface area contributed by atoms with Gasteiger partial charge >= 0.3 is 0 Å². The molecule has 0 aromatic heterocycles. The first-order chi connectivity index (χ1) is 7.72. The molecule has 1 aromatic carbocycles. The second-order valence-electron chi connectivity index (χ2n) is 4.81. The highest BCUT2D eigenvalue weighted by Gasteiger charge is 2.25. The fourth-order valence-electron chi connectivity index (χ4n) is 2.92. The van der Waals surface area contributed by atoms with Crippen LogP contribution in [-0.2, 0) is 0 Å². The van der Waals surface area contributed by atoms with Crippen molar-refractivity contribution in [3.8, 4) is 0 Å². The Balaban J connectivity index is 2.25. The molecule has 1 aliphatic carbocycles. The van der Waals surface area contributed by atoms with Gasteiger partial charge in [0.15, 0.2) is 0 Å². The van der Waals surface area contributed by atoms with E-state index < -0.39 is 0 Å². The topological polar surface area (TPSA) is 12.0 Å². The predicted molar refractivity (Wildman–Crippen MR) is 64.9 cm³/mol. The number of benzene rings is 1. The van der Waals surface area contributed by atoms with Crippen molar-refractivity contribution >= 4 is 0 Å². The lowest BCUT2D eigenvalue weighted by Crippen LogP contribution is -2.24. The summed E-state index contributed by atoms with van der Waals surface area (Å²) in [7, 11) is 2.01. The van der Waals surface area contributed by atoms with E-state index in [1.54, 1.807) is 12.1 Å². The van der Waals surface area contributed by atoms with E-state index in [1.807, 2.05) is 20.0 Å². The van der Waals surface area contributed by atoms with Gasteiger partial charge in [0.2, 0.25) is 0 Å². The van der Waals surface area contributed by atoms with E-state index in [1.165, 1.54) is 31.2 Å². The summed E-state index contributed by atoms with van der Waals surface area (Å²) >= 11 is 0. The maximum Gasteiger partial charge on any atom is 0.123 e. The molecule has 2 rings (SSSR count). The monoisotopic (exact) mass is 221 g/mol. The maximum atomic E-state index is 13.1. The van der Waals surface area contributed by atoms with Gasteiger partial charge in [-0.2, -0.15) is 0 Å². The quantitative estimate of drug-likeness (QED) is 0.822. The van der Waals surface area contributed by atoms with Gasteiger partial charge in [-0.05, 0) is 56.0 Å². The Morgan fingerprint density at radius 1 is 1.31 bits per heavy atom. The Hall–Kier alpha value is -0.890. The molecule has 1 N–H and O–H groups in total. The van der Waals surface area contributed by atoms with E-state index in [-0.39, 0.29) is 5.82 Å². The lowest BCUT2D eigenvalue weighted by Gasteiger charge is -2.25. The highest BCUT2D eigenvalue weighted by Crippen LogP contribution is 2.36. The molecule has 0 radical (unpaired) electrons. The Morgan fingerprint density at radius 3 is 2.56 bits per heavy atom. The number of nitrogens with one attached hydrogen (secondary N) is 1. The second-order valence-corrected chi connectivity index (χ2v) is 4.81. The number of hydrogen-bond acceptors (Lipinski definition) is 1. The van der Waals surface area contributed by atoms with Crippen LogP contribution in [0.25, 0.3) is 0 Å². The molecule has 1 fully saturated rings. The third-order valence-corrected chi connectivity index (χ3v) is 3.75. The molecule has 0 amide bonds. The normalized spacial score (nSPS) is 18.9. The van der Waals surface area contributed by atoms with Crippen LogP contribution in [0.1, 0.15) is 42.9 Å². The van der Waals surface area contributed by atoms with Crippen LogP contribution in [0.15, 0.2) is 18.2 Å². The van der Waals surface area contributed by atoms with Crippen molar-refractivity contribution in [3.05, 3.63) is 35.1 Å². The molecule has 1 aromatic rings. The van der Waals surface area contributed by atoms with Crippen LogP contribution in [0.4, 0.5) is 4.39 Å². The smallest absolute Gasteiger partial charge is 0.123 e. The van der Waals surface area contributed by atoms with Gasteiger partial charge in [0.25, 0.3) is 0 Å². The van der Waals surface area contributed by atoms with Crippen molar-refractivity contribution < 1.29 is 4.39 Å². The van der Waals surface area contributed by atoms with Gasteiger partial charge in [-0.3, -0.25) is 0 Å². The molecule has 2 heteroatoms. The fraction of sp³-hybridized carbons (Fsp3) is 0.571. The van der Waals surface area contributed by atoms with Crippen LogP contribution in [-0.4, -0.2) is 7.05 Å². The summed E-state index contributed by atoms with van der Waals surface area (Å²) in [6, 6.07) is 5.53. The van der Waals surface area contributed by atoms with Gasteiger partial charge in [0.1, 0.15) is 5.82 Å². The SMILES string of the molecule is CNC(c1ccc(F)cc1C)C1CCCC1. The maximum absolute atomic E-state index is 13.1. The summed E-state index contributed by atoms with van der Waals surface area (Å²) in [5.74, 6) is 0.580. The van der Waals surface area contributed by atoms with Gasteiger partial charge in [0.05, 0.1) is 0 Å². The summed E-state index contributed by atoms with van der Waals surface area (Å²) in [4.78, 5) is 0. The Labute approximate surface area is 97.1 Å². The first-order valence-electron chi connectivity index (χ1n) is 6.15. The predicted octanol–water partition coefficient (Wildman–Crippen LogP) is 3.58. The Morgan fingerprint density at radius 2 is 2.00 bits per heavy atom. The minimum absolute atomic E-state index is 0.137. The van der Waals surface area contributed by atoms with Crippen molar-refractivity contribution in [1.29, 1.82) is 0 Å². The zero-order valence-electron chi connectivity index (χ0n) is 10.1. The molecule has 1 unspecified atom stereocenters. The summed E-state index contributed by atoms with van der Waals surface area (Å²) < 4.78 is 13.1. The Kier molecular flexibility index (Phi) is 3.59. The van der Waals surface area contributed by atoms with E-state index in [4.69, 9.17) is 0 Å².